The van der Waals surface area contributed by atoms with Crippen LogP contribution in [0.4, 0.5) is 4.79 Å². The van der Waals surface area contributed by atoms with Crippen molar-refractivity contribution < 1.29 is 9.53 Å². The summed E-state index contributed by atoms with van der Waals surface area (Å²) in [4.78, 5) is 13.6. The van der Waals surface area contributed by atoms with Crippen molar-refractivity contribution in [1.82, 2.24) is 10.2 Å². The minimum Gasteiger partial charge on any atom is -0.445 e. The molecule has 4 nitrogen and oxygen atoms in total. The summed E-state index contributed by atoms with van der Waals surface area (Å²) in [5.74, 6) is 0. The average molecular weight is 285 g/mol. The lowest BCUT2D eigenvalue weighted by Crippen LogP contribution is -2.44. The molecule has 1 heterocycles. The third-order valence-electron chi connectivity index (χ3n) is 3.37. The lowest BCUT2D eigenvalue weighted by atomic mass is 10.1. The van der Waals surface area contributed by atoms with E-state index in [-0.39, 0.29) is 18.5 Å². The summed E-state index contributed by atoms with van der Waals surface area (Å²) in [5.41, 5.74) is 1.02. The van der Waals surface area contributed by atoms with Crippen molar-refractivity contribution in [3.05, 3.63) is 35.9 Å². The second-order valence-corrected chi connectivity index (χ2v) is 4.59. The zero-order valence-corrected chi connectivity index (χ0v) is 12.0. The van der Waals surface area contributed by atoms with Crippen LogP contribution in [0.1, 0.15) is 18.4 Å². The predicted molar refractivity (Wildman–Crippen MR) is 77.5 cm³/mol. The van der Waals surface area contributed by atoms with Crippen molar-refractivity contribution in [2.45, 2.75) is 25.5 Å². The van der Waals surface area contributed by atoms with Gasteiger partial charge in [0.1, 0.15) is 6.61 Å². The zero-order valence-electron chi connectivity index (χ0n) is 11.2. The van der Waals surface area contributed by atoms with Crippen molar-refractivity contribution in [2.24, 2.45) is 0 Å². The van der Waals surface area contributed by atoms with Crippen molar-refractivity contribution in [2.75, 3.05) is 20.1 Å². The smallest absolute Gasteiger partial charge is 0.410 e. The van der Waals surface area contributed by atoms with Gasteiger partial charge in [-0.15, -0.1) is 12.4 Å². The predicted octanol–water partition coefficient (Wildman–Crippen LogP) is 2.43. The maximum absolute atomic E-state index is 11.8. The first kappa shape index (κ1) is 15.8. The molecule has 1 saturated heterocycles. The van der Waals surface area contributed by atoms with E-state index >= 15 is 0 Å². The lowest BCUT2D eigenvalue weighted by molar-refractivity contribution is 0.0858. The first-order valence-corrected chi connectivity index (χ1v) is 6.42. The lowest BCUT2D eigenvalue weighted by Gasteiger charge is -2.31. The fourth-order valence-electron chi connectivity index (χ4n) is 2.16. The summed E-state index contributed by atoms with van der Waals surface area (Å²) in [6, 6.07) is 10.3. The number of piperidine rings is 1. The quantitative estimate of drug-likeness (QED) is 0.927. The van der Waals surface area contributed by atoms with Crippen LogP contribution in [0.15, 0.2) is 30.3 Å². The van der Waals surface area contributed by atoms with Gasteiger partial charge in [-0.2, -0.15) is 0 Å². The van der Waals surface area contributed by atoms with Crippen LogP contribution in [0.2, 0.25) is 0 Å². The fraction of sp³-hybridized carbons (Fsp3) is 0.500. The molecule has 1 aliphatic rings. The number of nitrogens with zero attached hydrogens (tertiary/aromatic N) is 1. The van der Waals surface area contributed by atoms with Crippen LogP contribution in [0.5, 0.6) is 0 Å². The Morgan fingerprint density at radius 2 is 1.95 bits per heavy atom. The number of rotatable bonds is 3. The maximum atomic E-state index is 11.8. The van der Waals surface area contributed by atoms with Gasteiger partial charge >= 0.3 is 6.09 Å². The van der Waals surface area contributed by atoms with Gasteiger partial charge in [0.05, 0.1) is 0 Å². The van der Waals surface area contributed by atoms with E-state index < -0.39 is 0 Å². The van der Waals surface area contributed by atoms with Gasteiger partial charge in [0.25, 0.3) is 0 Å². The van der Waals surface area contributed by atoms with Gasteiger partial charge in [-0.3, -0.25) is 0 Å². The Hall–Kier alpha value is -1.26. The summed E-state index contributed by atoms with van der Waals surface area (Å²) in [6.07, 6.45) is 1.79. The molecule has 1 aromatic carbocycles. The van der Waals surface area contributed by atoms with Gasteiger partial charge in [0.2, 0.25) is 0 Å². The van der Waals surface area contributed by atoms with Crippen molar-refractivity contribution in [1.29, 1.82) is 0 Å². The summed E-state index contributed by atoms with van der Waals surface area (Å²) >= 11 is 0. The first-order chi connectivity index (χ1) is 8.79. The second-order valence-electron chi connectivity index (χ2n) is 4.59. The van der Waals surface area contributed by atoms with E-state index in [9.17, 15) is 4.79 Å². The van der Waals surface area contributed by atoms with E-state index in [1.807, 2.05) is 37.4 Å². The van der Waals surface area contributed by atoms with E-state index in [4.69, 9.17) is 4.74 Å². The third-order valence-corrected chi connectivity index (χ3v) is 3.37. The van der Waals surface area contributed by atoms with Crippen LogP contribution in [-0.2, 0) is 11.3 Å². The maximum Gasteiger partial charge on any atom is 0.410 e. The molecule has 2 rings (SSSR count). The number of hydrogen-bond donors (Lipinski definition) is 1. The van der Waals surface area contributed by atoms with Crippen LogP contribution in [-0.4, -0.2) is 37.2 Å². The van der Waals surface area contributed by atoms with Gasteiger partial charge in [-0.05, 0) is 25.5 Å². The van der Waals surface area contributed by atoms with Crippen molar-refractivity contribution in [3.8, 4) is 0 Å². The van der Waals surface area contributed by atoms with Crippen molar-refractivity contribution in [3.63, 3.8) is 0 Å². The Morgan fingerprint density at radius 3 is 2.53 bits per heavy atom. The molecule has 0 atom stereocenters. The summed E-state index contributed by atoms with van der Waals surface area (Å²) in [5, 5.41) is 3.24. The fourth-order valence-corrected chi connectivity index (χ4v) is 2.16. The molecule has 1 N–H and O–H groups in total. The van der Waals surface area contributed by atoms with Gasteiger partial charge in [0.15, 0.2) is 0 Å². The highest BCUT2D eigenvalue weighted by Crippen LogP contribution is 2.12. The molecule has 0 aromatic heterocycles. The van der Waals surface area contributed by atoms with Crippen molar-refractivity contribution >= 4 is 18.5 Å². The molecule has 0 unspecified atom stereocenters. The number of benzene rings is 1. The number of halogens is 1. The summed E-state index contributed by atoms with van der Waals surface area (Å²) in [7, 11) is 1.97. The number of nitrogens with one attached hydrogen (secondary N) is 1. The Labute approximate surface area is 120 Å². The number of carbonyl (C=O) groups excluding carboxylic acids is 1. The monoisotopic (exact) mass is 284 g/mol. The first-order valence-electron chi connectivity index (χ1n) is 6.42. The minimum absolute atomic E-state index is 0. The van der Waals surface area contributed by atoms with Crippen LogP contribution < -0.4 is 5.32 Å². The number of amides is 1. The normalized spacial score (nSPS) is 15.7. The molecule has 19 heavy (non-hydrogen) atoms. The molecule has 0 aliphatic carbocycles. The molecular formula is C14H21ClN2O2. The Balaban J connectivity index is 0.00000180. The molecule has 0 bridgehead atoms. The topological polar surface area (TPSA) is 41.6 Å². The van der Waals surface area contributed by atoms with Gasteiger partial charge < -0.3 is 15.0 Å². The molecule has 0 radical (unpaired) electrons. The van der Waals surface area contributed by atoms with Gasteiger partial charge in [0, 0.05) is 19.1 Å². The highest BCUT2D eigenvalue weighted by Gasteiger charge is 2.22. The van der Waals surface area contributed by atoms with Crippen LogP contribution in [0, 0.1) is 0 Å². The number of ether oxygens (including phenoxy) is 1. The standard InChI is InChI=1S/C14H20N2O2.ClH/c1-15-13-7-9-16(10-8-13)14(17)18-11-12-5-3-2-4-6-12;/h2-6,13,15H,7-11H2,1H3;1H. The van der Waals surface area contributed by atoms with E-state index in [0.717, 1.165) is 31.5 Å². The number of hydrogen-bond acceptors (Lipinski definition) is 3. The van der Waals surface area contributed by atoms with E-state index in [0.29, 0.717) is 12.6 Å². The molecule has 1 aromatic rings. The van der Waals surface area contributed by atoms with Crippen LogP contribution in [0.25, 0.3) is 0 Å². The third kappa shape index (κ3) is 4.73. The molecular weight excluding hydrogens is 264 g/mol. The molecule has 5 heteroatoms. The SMILES string of the molecule is CNC1CCN(C(=O)OCc2ccccc2)CC1.Cl. The molecule has 1 fully saturated rings. The van der Waals surface area contributed by atoms with Crippen LogP contribution >= 0.6 is 12.4 Å². The molecule has 1 aliphatic heterocycles. The highest BCUT2D eigenvalue weighted by atomic mass is 35.5. The largest absolute Gasteiger partial charge is 0.445 e. The Morgan fingerprint density at radius 1 is 1.32 bits per heavy atom. The Bertz CT molecular complexity index is 378. The Kier molecular flexibility index (Phi) is 6.67. The number of likely N-dealkylation sites (tertiary alicyclic amines) is 1. The second kappa shape index (κ2) is 8.02. The van der Waals surface area contributed by atoms with Crippen LogP contribution in [0.3, 0.4) is 0 Å². The molecule has 1 amide bonds. The van der Waals surface area contributed by atoms with E-state index in [1.165, 1.54) is 0 Å². The van der Waals surface area contributed by atoms with E-state index in [2.05, 4.69) is 5.32 Å². The molecule has 106 valence electrons. The highest BCUT2D eigenvalue weighted by molar-refractivity contribution is 5.85. The number of carbonyl (C=O) groups is 1. The zero-order chi connectivity index (χ0) is 12.8. The van der Waals surface area contributed by atoms with E-state index in [1.54, 1.807) is 4.90 Å². The minimum atomic E-state index is -0.201. The van der Waals surface area contributed by atoms with Gasteiger partial charge in [-0.25, -0.2) is 4.79 Å². The molecule has 0 saturated carbocycles. The average Bonchev–Trinajstić information content (AvgIpc) is 2.46. The van der Waals surface area contributed by atoms with Gasteiger partial charge in [-0.1, -0.05) is 30.3 Å². The summed E-state index contributed by atoms with van der Waals surface area (Å²) < 4.78 is 5.30. The summed E-state index contributed by atoms with van der Waals surface area (Å²) in [6.45, 7) is 1.91. The molecule has 0 spiro atoms.